The predicted molar refractivity (Wildman–Crippen MR) is 110 cm³/mol. The van der Waals surface area contributed by atoms with Crippen LogP contribution in [0.15, 0.2) is 42.6 Å². The lowest BCUT2D eigenvalue weighted by molar-refractivity contribution is -0.231. The molecule has 0 amide bonds. The zero-order chi connectivity index (χ0) is 21.6. The monoisotopic (exact) mass is 435 g/mol. The molecule has 0 spiro atoms. The standard InChI is InChI=1S/C22H23ClFNO5/c1-11-6-14-15(22-21(29)20(28)19(27)17(10-26)30-22)9-25(18(14)16(24)7-11)8-12-2-4-13(23)5-3-12/h2-7,9,17,19-22,26-29H,8,10H2,1H3/t17-,19-,20+,21-,22+/m1/s1. The number of benzene rings is 2. The first-order valence-electron chi connectivity index (χ1n) is 9.64. The molecule has 0 bridgehead atoms. The van der Waals surface area contributed by atoms with Crippen molar-refractivity contribution >= 4 is 22.5 Å². The van der Waals surface area contributed by atoms with Gasteiger partial charge in [-0.2, -0.15) is 0 Å². The molecule has 0 unspecified atom stereocenters. The van der Waals surface area contributed by atoms with Gasteiger partial charge in [0.2, 0.25) is 0 Å². The average molecular weight is 436 g/mol. The molecule has 6 nitrogen and oxygen atoms in total. The highest BCUT2D eigenvalue weighted by atomic mass is 35.5. The van der Waals surface area contributed by atoms with Crippen LogP contribution in [0.3, 0.4) is 0 Å². The van der Waals surface area contributed by atoms with Crippen molar-refractivity contribution in [3.8, 4) is 0 Å². The van der Waals surface area contributed by atoms with Crippen LogP contribution in [0.25, 0.3) is 10.9 Å². The highest BCUT2D eigenvalue weighted by Gasteiger charge is 2.44. The van der Waals surface area contributed by atoms with Gasteiger partial charge in [-0.05, 0) is 42.3 Å². The maximum Gasteiger partial charge on any atom is 0.147 e. The molecule has 4 N–H and O–H groups in total. The summed E-state index contributed by atoms with van der Waals surface area (Å²) in [7, 11) is 0. The Labute approximate surface area is 177 Å². The smallest absolute Gasteiger partial charge is 0.147 e. The first-order chi connectivity index (χ1) is 14.3. The number of hydrogen-bond acceptors (Lipinski definition) is 5. The van der Waals surface area contributed by atoms with E-state index in [9.17, 15) is 24.8 Å². The van der Waals surface area contributed by atoms with E-state index in [0.717, 1.165) is 5.56 Å². The second kappa shape index (κ2) is 8.26. The van der Waals surface area contributed by atoms with Gasteiger partial charge in [0, 0.05) is 28.7 Å². The number of nitrogens with zero attached hydrogens (tertiary/aromatic N) is 1. The molecule has 1 aliphatic heterocycles. The molecule has 1 fully saturated rings. The van der Waals surface area contributed by atoms with E-state index in [1.165, 1.54) is 6.07 Å². The number of ether oxygens (including phenoxy) is 1. The van der Waals surface area contributed by atoms with Gasteiger partial charge in [0.1, 0.15) is 36.3 Å². The van der Waals surface area contributed by atoms with Crippen LogP contribution in [0.1, 0.15) is 22.8 Å². The van der Waals surface area contributed by atoms with E-state index in [4.69, 9.17) is 16.3 Å². The predicted octanol–water partition coefficient (Wildman–Crippen LogP) is 2.31. The van der Waals surface area contributed by atoms with Gasteiger partial charge in [0.15, 0.2) is 0 Å². The van der Waals surface area contributed by atoms with Crippen molar-refractivity contribution in [1.82, 2.24) is 4.57 Å². The molecule has 1 aromatic heterocycles. The molecule has 3 aromatic rings. The third-order valence-corrected chi connectivity index (χ3v) is 5.82. The highest BCUT2D eigenvalue weighted by molar-refractivity contribution is 6.30. The van der Waals surface area contributed by atoms with Crippen LogP contribution < -0.4 is 0 Å². The van der Waals surface area contributed by atoms with Gasteiger partial charge in [-0.25, -0.2) is 4.39 Å². The summed E-state index contributed by atoms with van der Waals surface area (Å²) >= 11 is 5.95. The molecule has 1 aliphatic rings. The summed E-state index contributed by atoms with van der Waals surface area (Å²) in [6.07, 6.45) is -4.82. The Morgan fingerprint density at radius 1 is 1.07 bits per heavy atom. The largest absolute Gasteiger partial charge is 0.394 e. The van der Waals surface area contributed by atoms with Gasteiger partial charge >= 0.3 is 0 Å². The molecule has 160 valence electrons. The number of aryl methyl sites for hydroxylation is 1. The number of aromatic nitrogens is 1. The Hall–Kier alpha value is -2.00. The number of aliphatic hydroxyl groups excluding tert-OH is 4. The van der Waals surface area contributed by atoms with Gasteiger partial charge < -0.3 is 29.7 Å². The summed E-state index contributed by atoms with van der Waals surface area (Å²) < 4.78 is 22.4. The van der Waals surface area contributed by atoms with E-state index in [0.29, 0.717) is 33.6 Å². The minimum absolute atomic E-state index is 0.336. The molecular weight excluding hydrogens is 413 g/mol. The molecule has 2 heterocycles. The van der Waals surface area contributed by atoms with Gasteiger partial charge in [0.25, 0.3) is 0 Å². The molecule has 5 atom stereocenters. The lowest BCUT2D eigenvalue weighted by Crippen LogP contribution is -2.55. The molecule has 0 saturated carbocycles. The summed E-state index contributed by atoms with van der Waals surface area (Å²) in [5.74, 6) is -0.421. The SMILES string of the molecule is Cc1cc(F)c2c(c1)c([C@@H]1O[C@H](CO)[C@@H](O)[C@H](O)[C@H]1O)cn2Cc1ccc(Cl)cc1. The molecule has 8 heteroatoms. The van der Waals surface area contributed by atoms with Crippen molar-refractivity contribution in [2.75, 3.05) is 6.61 Å². The van der Waals surface area contributed by atoms with Crippen LogP contribution in [0.5, 0.6) is 0 Å². The zero-order valence-corrected chi connectivity index (χ0v) is 17.0. The second-order valence-electron chi connectivity index (χ2n) is 7.73. The lowest BCUT2D eigenvalue weighted by atomic mass is 9.91. The summed E-state index contributed by atoms with van der Waals surface area (Å²) in [5.41, 5.74) is 2.40. The van der Waals surface area contributed by atoms with Gasteiger partial charge in [-0.15, -0.1) is 0 Å². The van der Waals surface area contributed by atoms with Crippen LogP contribution >= 0.6 is 11.6 Å². The first-order valence-corrected chi connectivity index (χ1v) is 10.0. The fourth-order valence-corrected chi connectivity index (χ4v) is 4.17. The first kappa shape index (κ1) is 21.2. The summed E-state index contributed by atoms with van der Waals surface area (Å²) in [5, 5.41) is 41.5. The normalized spacial score (nSPS) is 27.0. The van der Waals surface area contributed by atoms with E-state index in [-0.39, 0.29) is 0 Å². The fraction of sp³-hybridized carbons (Fsp3) is 0.364. The quantitative estimate of drug-likeness (QED) is 0.504. The van der Waals surface area contributed by atoms with E-state index in [1.54, 1.807) is 35.9 Å². The summed E-state index contributed by atoms with van der Waals surface area (Å²) in [6, 6.07) is 10.4. The number of halogens is 2. The zero-order valence-electron chi connectivity index (χ0n) is 16.2. The summed E-state index contributed by atoms with van der Waals surface area (Å²) in [6.45, 7) is 1.58. The maximum absolute atomic E-state index is 15.0. The number of fused-ring (bicyclic) bond motifs is 1. The van der Waals surface area contributed by atoms with Crippen molar-refractivity contribution in [1.29, 1.82) is 0 Å². The maximum atomic E-state index is 15.0. The van der Waals surface area contributed by atoms with Crippen molar-refractivity contribution in [2.45, 2.75) is 44.0 Å². The Bertz CT molecular complexity index is 1050. The van der Waals surface area contributed by atoms with Crippen molar-refractivity contribution < 1.29 is 29.6 Å². The fourth-order valence-electron chi connectivity index (χ4n) is 4.05. The van der Waals surface area contributed by atoms with E-state index in [1.807, 2.05) is 12.1 Å². The molecule has 30 heavy (non-hydrogen) atoms. The summed E-state index contributed by atoms with van der Waals surface area (Å²) in [4.78, 5) is 0. The Kier molecular flexibility index (Phi) is 5.85. The Morgan fingerprint density at radius 3 is 2.43 bits per heavy atom. The van der Waals surface area contributed by atoms with Crippen molar-refractivity contribution in [2.24, 2.45) is 0 Å². The second-order valence-corrected chi connectivity index (χ2v) is 8.17. The highest BCUT2D eigenvalue weighted by Crippen LogP contribution is 2.38. The molecule has 4 rings (SSSR count). The van der Waals surface area contributed by atoms with Crippen LogP contribution in [0, 0.1) is 12.7 Å². The van der Waals surface area contributed by atoms with Crippen LogP contribution in [0.4, 0.5) is 4.39 Å². The van der Waals surface area contributed by atoms with Crippen LogP contribution in [-0.2, 0) is 11.3 Å². The van der Waals surface area contributed by atoms with Crippen LogP contribution in [0.2, 0.25) is 5.02 Å². The Balaban J connectivity index is 1.83. The van der Waals surface area contributed by atoms with Gasteiger partial charge in [0.05, 0.1) is 12.1 Å². The van der Waals surface area contributed by atoms with Crippen molar-refractivity contribution in [3.63, 3.8) is 0 Å². The van der Waals surface area contributed by atoms with Crippen LogP contribution in [-0.4, -0.2) is 56.0 Å². The minimum Gasteiger partial charge on any atom is -0.394 e. The topological polar surface area (TPSA) is 95.1 Å². The number of aliphatic hydroxyl groups is 4. The lowest BCUT2D eigenvalue weighted by Gasteiger charge is -2.40. The van der Waals surface area contributed by atoms with E-state index >= 15 is 0 Å². The molecule has 0 radical (unpaired) electrons. The van der Waals surface area contributed by atoms with Crippen molar-refractivity contribution in [3.05, 3.63) is 70.1 Å². The minimum atomic E-state index is -1.51. The third-order valence-electron chi connectivity index (χ3n) is 5.57. The molecule has 2 aromatic carbocycles. The average Bonchev–Trinajstić information content (AvgIpc) is 3.06. The Morgan fingerprint density at radius 2 is 1.77 bits per heavy atom. The molecular formula is C22H23ClFNO5. The molecule has 1 saturated heterocycles. The number of hydrogen-bond donors (Lipinski definition) is 4. The molecule has 0 aliphatic carbocycles. The van der Waals surface area contributed by atoms with E-state index < -0.39 is 42.9 Å². The third kappa shape index (κ3) is 3.73. The number of rotatable bonds is 4. The van der Waals surface area contributed by atoms with Gasteiger partial charge in [-0.1, -0.05) is 23.7 Å². The van der Waals surface area contributed by atoms with E-state index in [2.05, 4.69) is 0 Å². The van der Waals surface area contributed by atoms with Gasteiger partial charge in [-0.3, -0.25) is 0 Å².